The van der Waals surface area contributed by atoms with Gasteiger partial charge in [0.2, 0.25) is 0 Å². The molecule has 0 N–H and O–H groups in total. The maximum Gasteiger partial charge on any atom is 0.183 e. The van der Waals surface area contributed by atoms with Gasteiger partial charge in [0.25, 0.3) is 0 Å². The smallest absolute Gasteiger partial charge is 0.183 e. The first-order valence-corrected chi connectivity index (χ1v) is 5.57. The maximum absolute atomic E-state index is 11.6. The van der Waals surface area contributed by atoms with Crippen molar-refractivity contribution in [1.82, 2.24) is 0 Å². The van der Waals surface area contributed by atoms with Crippen molar-refractivity contribution >= 4 is 9.84 Å². The quantitative estimate of drug-likeness (QED) is 0.706. The minimum absolute atomic E-state index is 0.0499. The van der Waals surface area contributed by atoms with Crippen LogP contribution in [0.2, 0.25) is 0 Å². The molecule has 0 saturated carbocycles. The van der Waals surface area contributed by atoms with Gasteiger partial charge in [-0.05, 0) is 12.1 Å². The van der Waals surface area contributed by atoms with E-state index in [0.717, 1.165) is 0 Å². The van der Waals surface area contributed by atoms with Crippen molar-refractivity contribution in [3.05, 3.63) is 42.5 Å². The van der Waals surface area contributed by atoms with Crippen LogP contribution in [-0.2, 0) is 9.84 Å². The lowest BCUT2D eigenvalue weighted by atomic mass is 10.4. The van der Waals surface area contributed by atoms with Crippen molar-refractivity contribution in [3.63, 3.8) is 0 Å². The van der Waals surface area contributed by atoms with E-state index in [1.165, 1.54) is 12.1 Å². The van der Waals surface area contributed by atoms with E-state index < -0.39 is 9.84 Å². The SMILES string of the molecule is C=C(C#N)CS(=O)(=O)c1ccccc1. The Kier molecular flexibility index (Phi) is 3.05. The fraction of sp³-hybridized carbons (Fsp3) is 0.100. The predicted molar refractivity (Wildman–Crippen MR) is 53.2 cm³/mol. The number of nitriles is 1. The molecule has 0 aliphatic rings. The number of sulfone groups is 1. The van der Waals surface area contributed by atoms with Crippen molar-refractivity contribution in [2.45, 2.75) is 4.90 Å². The van der Waals surface area contributed by atoms with E-state index in [9.17, 15) is 8.42 Å². The number of hydrogen-bond donors (Lipinski definition) is 0. The highest BCUT2D eigenvalue weighted by Gasteiger charge is 2.14. The van der Waals surface area contributed by atoms with Gasteiger partial charge < -0.3 is 0 Å². The monoisotopic (exact) mass is 207 g/mol. The molecule has 0 aliphatic heterocycles. The van der Waals surface area contributed by atoms with E-state index in [1.54, 1.807) is 24.3 Å². The topological polar surface area (TPSA) is 57.9 Å². The molecule has 72 valence electrons. The van der Waals surface area contributed by atoms with Gasteiger partial charge >= 0.3 is 0 Å². The van der Waals surface area contributed by atoms with Gasteiger partial charge in [0, 0.05) is 5.57 Å². The summed E-state index contributed by atoms with van der Waals surface area (Å²) in [5.41, 5.74) is 0.0499. The summed E-state index contributed by atoms with van der Waals surface area (Å²) >= 11 is 0. The molecule has 1 aromatic carbocycles. The molecule has 1 rings (SSSR count). The number of nitrogens with zero attached hydrogens (tertiary/aromatic N) is 1. The van der Waals surface area contributed by atoms with Crippen LogP contribution in [0.25, 0.3) is 0 Å². The Morgan fingerprint density at radius 3 is 2.43 bits per heavy atom. The van der Waals surface area contributed by atoms with Gasteiger partial charge in [-0.2, -0.15) is 5.26 Å². The van der Waals surface area contributed by atoms with Crippen molar-refractivity contribution in [3.8, 4) is 6.07 Å². The first-order valence-electron chi connectivity index (χ1n) is 3.92. The largest absolute Gasteiger partial charge is 0.223 e. The van der Waals surface area contributed by atoms with Crippen LogP contribution in [0.4, 0.5) is 0 Å². The van der Waals surface area contributed by atoms with E-state index >= 15 is 0 Å². The van der Waals surface area contributed by atoms with Crippen molar-refractivity contribution < 1.29 is 8.42 Å². The van der Waals surface area contributed by atoms with Crippen LogP contribution in [0.5, 0.6) is 0 Å². The maximum atomic E-state index is 11.6. The zero-order valence-electron chi connectivity index (χ0n) is 7.47. The normalized spacial score (nSPS) is 10.5. The average molecular weight is 207 g/mol. The van der Waals surface area contributed by atoms with Crippen molar-refractivity contribution in [2.24, 2.45) is 0 Å². The summed E-state index contributed by atoms with van der Waals surface area (Å²) in [5.74, 6) is -0.312. The fourth-order valence-electron chi connectivity index (χ4n) is 0.973. The lowest BCUT2D eigenvalue weighted by molar-refractivity contribution is 0.598. The molecule has 3 nitrogen and oxygen atoms in total. The number of rotatable bonds is 3. The molecule has 0 unspecified atom stereocenters. The first-order chi connectivity index (χ1) is 6.56. The summed E-state index contributed by atoms with van der Waals surface area (Å²) in [4.78, 5) is 0.219. The predicted octanol–water partition coefficient (Wildman–Crippen LogP) is 1.54. The number of benzene rings is 1. The molecule has 0 aromatic heterocycles. The lowest BCUT2D eigenvalue weighted by Gasteiger charge is -2.01. The summed E-state index contributed by atoms with van der Waals surface area (Å²) in [5, 5.41) is 8.43. The van der Waals surface area contributed by atoms with Gasteiger partial charge in [0.05, 0.1) is 16.7 Å². The molecule has 0 heterocycles. The molecule has 0 bridgehead atoms. The molecule has 0 radical (unpaired) electrons. The molecule has 0 spiro atoms. The molecule has 0 aliphatic carbocycles. The highest BCUT2D eigenvalue weighted by Crippen LogP contribution is 2.12. The second-order valence-corrected chi connectivity index (χ2v) is 4.78. The minimum Gasteiger partial charge on any atom is -0.223 e. The Morgan fingerprint density at radius 2 is 1.93 bits per heavy atom. The first kappa shape index (κ1) is 10.5. The van der Waals surface area contributed by atoms with E-state index in [2.05, 4.69) is 6.58 Å². The van der Waals surface area contributed by atoms with Crippen LogP contribution in [0.1, 0.15) is 0 Å². The molecule has 4 heteroatoms. The van der Waals surface area contributed by atoms with Gasteiger partial charge in [0.1, 0.15) is 0 Å². The fourth-order valence-corrected chi connectivity index (χ4v) is 2.23. The van der Waals surface area contributed by atoms with E-state index in [4.69, 9.17) is 5.26 Å². The molecular weight excluding hydrogens is 198 g/mol. The van der Waals surface area contributed by atoms with Gasteiger partial charge in [-0.15, -0.1) is 0 Å². The van der Waals surface area contributed by atoms with Crippen LogP contribution in [-0.4, -0.2) is 14.2 Å². The number of hydrogen-bond acceptors (Lipinski definition) is 3. The Bertz CT molecular complexity index is 469. The minimum atomic E-state index is -3.39. The molecule has 14 heavy (non-hydrogen) atoms. The Morgan fingerprint density at radius 1 is 1.36 bits per heavy atom. The Balaban J connectivity index is 3.00. The summed E-state index contributed by atoms with van der Waals surface area (Å²) in [6.07, 6.45) is 0. The van der Waals surface area contributed by atoms with Crippen LogP contribution in [0.15, 0.2) is 47.4 Å². The molecular formula is C10H9NO2S. The Labute approximate surface area is 83.2 Å². The zero-order valence-corrected chi connectivity index (χ0v) is 8.29. The van der Waals surface area contributed by atoms with Crippen LogP contribution < -0.4 is 0 Å². The Hall–Kier alpha value is -1.60. The third-order valence-corrected chi connectivity index (χ3v) is 3.34. The molecule has 0 amide bonds. The van der Waals surface area contributed by atoms with Crippen LogP contribution in [0.3, 0.4) is 0 Å². The van der Waals surface area contributed by atoms with Gasteiger partial charge in [-0.25, -0.2) is 8.42 Å². The van der Waals surface area contributed by atoms with E-state index in [1.807, 2.05) is 0 Å². The summed E-state index contributed by atoms with van der Waals surface area (Å²) in [6.45, 7) is 3.34. The van der Waals surface area contributed by atoms with Crippen molar-refractivity contribution in [1.29, 1.82) is 5.26 Å². The summed E-state index contributed by atoms with van der Waals surface area (Å²) in [7, 11) is -3.39. The highest BCUT2D eigenvalue weighted by molar-refractivity contribution is 7.91. The molecule has 0 atom stereocenters. The average Bonchev–Trinajstić information content (AvgIpc) is 2.18. The van der Waals surface area contributed by atoms with Crippen LogP contribution in [0, 0.1) is 11.3 Å². The van der Waals surface area contributed by atoms with Gasteiger partial charge in [-0.3, -0.25) is 0 Å². The molecule has 0 fully saturated rings. The van der Waals surface area contributed by atoms with Crippen LogP contribution >= 0.6 is 0 Å². The summed E-state index contributed by atoms with van der Waals surface area (Å²) < 4.78 is 23.2. The van der Waals surface area contributed by atoms with E-state index in [0.29, 0.717) is 0 Å². The van der Waals surface area contributed by atoms with Gasteiger partial charge in [0.15, 0.2) is 9.84 Å². The molecule has 0 saturated heterocycles. The standard InChI is InChI=1S/C10H9NO2S/c1-9(7-11)8-14(12,13)10-5-3-2-4-6-10/h2-6H,1,8H2. The van der Waals surface area contributed by atoms with E-state index in [-0.39, 0.29) is 16.2 Å². The summed E-state index contributed by atoms with van der Waals surface area (Å²) in [6, 6.07) is 9.73. The highest BCUT2D eigenvalue weighted by atomic mass is 32.2. The third-order valence-electron chi connectivity index (χ3n) is 1.62. The second kappa shape index (κ2) is 4.07. The lowest BCUT2D eigenvalue weighted by Crippen LogP contribution is -2.07. The molecule has 1 aromatic rings. The zero-order chi connectivity index (χ0) is 10.6. The second-order valence-electron chi connectivity index (χ2n) is 2.79. The van der Waals surface area contributed by atoms with Crippen molar-refractivity contribution in [2.75, 3.05) is 5.75 Å². The van der Waals surface area contributed by atoms with Gasteiger partial charge in [-0.1, -0.05) is 24.8 Å². The third kappa shape index (κ3) is 2.44.